The Morgan fingerprint density at radius 2 is 2.00 bits per heavy atom. The number of benzene rings is 1. The third-order valence-electron chi connectivity index (χ3n) is 1.56. The van der Waals surface area contributed by atoms with Crippen LogP contribution in [-0.4, -0.2) is 10.2 Å². The van der Waals surface area contributed by atoms with E-state index in [-0.39, 0.29) is 0 Å². The van der Waals surface area contributed by atoms with Crippen molar-refractivity contribution in [3.63, 3.8) is 0 Å². The molecule has 0 aliphatic rings. The minimum absolute atomic E-state index is 0.641. The topological polar surface area (TPSA) is 25.8 Å². The molecule has 0 aliphatic carbocycles. The van der Waals surface area contributed by atoms with Gasteiger partial charge in [-0.2, -0.15) is 0 Å². The van der Waals surface area contributed by atoms with E-state index in [0.717, 1.165) is 13.6 Å². The summed E-state index contributed by atoms with van der Waals surface area (Å²) >= 11 is 15.5. The van der Waals surface area contributed by atoms with Crippen molar-refractivity contribution in [1.82, 2.24) is 10.2 Å². The van der Waals surface area contributed by atoms with E-state index in [2.05, 4.69) is 32.8 Å². The molecule has 0 saturated heterocycles. The smallest absolute Gasteiger partial charge is 0.137 e. The van der Waals surface area contributed by atoms with Crippen molar-refractivity contribution in [2.75, 3.05) is 0 Å². The van der Waals surface area contributed by atoms with E-state index in [0.29, 0.717) is 10.0 Å². The summed E-state index contributed by atoms with van der Waals surface area (Å²) < 4.78 is 0.883. The van der Waals surface area contributed by atoms with Crippen LogP contribution in [0.25, 0.3) is 10.6 Å². The van der Waals surface area contributed by atoms with Crippen molar-refractivity contribution in [3.8, 4) is 10.6 Å². The highest BCUT2D eigenvalue weighted by Crippen LogP contribution is 2.32. The molecular weight excluding hydrogens is 354 g/mol. The second-order valence-electron chi connectivity index (χ2n) is 2.48. The fraction of sp³-hybridized carbons (Fsp3) is 0. The maximum Gasteiger partial charge on any atom is 0.178 e. The second kappa shape index (κ2) is 4.30. The van der Waals surface area contributed by atoms with Crippen LogP contribution in [0.5, 0.6) is 0 Å². The van der Waals surface area contributed by atoms with E-state index < -0.39 is 0 Å². The Bertz CT molecular complexity index is 472. The Morgan fingerprint density at radius 3 is 2.64 bits per heavy atom. The van der Waals surface area contributed by atoms with Crippen LogP contribution < -0.4 is 0 Å². The molecule has 0 saturated carbocycles. The fourth-order valence-electron chi connectivity index (χ4n) is 0.976. The summed E-state index contributed by atoms with van der Waals surface area (Å²) in [4.78, 5) is 0. The van der Waals surface area contributed by atoms with Crippen LogP contribution in [0.2, 0.25) is 10.0 Å². The number of hydrogen-bond donors (Lipinski definition) is 0. The van der Waals surface area contributed by atoms with E-state index >= 15 is 0 Å². The Labute approximate surface area is 108 Å². The second-order valence-corrected chi connectivity index (χ2v) is 6.06. The number of halogens is 3. The van der Waals surface area contributed by atoms with Gasteiger partial charge in [-0.15, -0.1) is 10.2 Å². The lowest BCUT2D eigenvalue weighted by Crippen LogP contribution is -1.78. The standard InChI is InChI=1S/C8H3Cl2IN2S/c9-4-1-2-6(10)5(3-4)7-12-13-8(11)14-7/h1-3H. The summed E-state index contributed by atoms with van der Waals surface area (Å²) in [5.74, 6) is 0. The minimum atomic E-state index is 0.641. The monoisotopic (exact) mass is 356 g/mol. The third-order valence-corrected chi connectivity index (χ3v) is 3.75. The number of aromatic nitrogens is 2. The highest BCUT2D eigenvalue weighted by Gasteiger charge is 2.09. The first-order chi connectivity index (χ1) is 6.66. The van der Waals surface area contributed by atoms with Crippen LogP contribution in [0.1, 0.15) is 0 Å². The van der Waals surface area contributed by atoms with Crippen LogP contribution in [0, 0.1) is 3.01 Å². The molecule has 2 aromatic rings. The fourth-order valence-corrected chi connectivity index (χ4v) is 2.75. The maximum atomic E-state index is 6.02. The first kappa shape index (κ1) is 10.6. The third kappa shape index (κ3) is 2.18. The van der Waals surface area contributed by atoms with Crippen molar-refractivity contribution < 1.29 is 0 Å². The van der Waals surface area contributed by atoms with Crippen LogP contribution in [0.4, 0.5) is 0 Å². The van der Waals surface area contributed by atoms with Gasteiger partial charge in [-0.05, 0) is 40.8 Å². The molecule has 0 bridgehead atoms. The molecule has 0 amide bonds. The predicted molar refractivity (Wildman–Crippen MR) is 68.1 cm³/mol. The van der Waals surface area contributed by atoms with Gasteiger partial charge in [-0.25, -0.2) is 0 Å². The SMILES string of the molecule is Clc1ccc(Cl)c(-c2nnc(I)s2)c1. The Hall–Kier alpha value is 0.0900. The van der Waals surface area contributed by atoms with Gasteiger partial charge in [0.2, 0.25) is 0 Å². The van der Waals surface area contributed by atoms with Crippen LogP contribution in [0.15, 0.2) is 18.2 Å². The van der Waals surface area contributed by atoms with Gasteiger partial charge in [0.25, 0.3) is 0 Å². The summed E-state index contributed by atoms with van der Waals surface area (Å²) in [7, 11) is 0. The first-order valence-electron chi connectivity index (χ1n) is 3.61. The molecule has 72 valence electrons. The quantitative estimate of drug-likeness (QED) is 0.718. The molecule has 0 aliphatic heterocycles. The number of nitrogens with zero attached hydrogens (tertiary/aromatic N) is 2. The van der Waals surface area contributed by atoms with Crippen molar-refractivity contribution in [2.45, 2.75) is 0 Å². The van der Waals surface area contributed by atoms with Crippen molar-refractivity contribution in [3.05, 3.63) is 31.3 Å². The van der Waals surface area contributed by atoms with E-state index in [9.17, 15) is 0 Å². The van der Waals surface area contributed by atoms with Gasteiger partial charge in [0.05, 0.1) is 5.02 Å². The highest BCUT2D eigenvalue weighted by molar-refractivity contribution is 14.1. The van der Waals surface area contributed by atoms with Crippen molar-refractivity contribution in [1.29, 1.82) is 0 Å². The van der Waals surface area contributed by atoms with E-state index in [1.54, 1.807) is 18.2 Å². The Kier molecular flexibility index (Phi) is 3.26. The molecule has 0 N–H and O–H groups in total. The van der Waals surface area contributed by atoms with Gasteiger partial charge in [-0.3, -0.25) is 0 Å². The average Bonchev–Trinajstić information content (AvgIpc) is 2.56. The van der Waals surface area contributed by atoms with Crippen molar-refractivity contribution in [2.24, 2.45) is 0 Å². The largest absolute Gasteiger partial charge is 0.178 e. The van der Waals surface area contributed by atoms with Gasteiger partial charge in [0, 0.05) is 10.6 Å². The highest BCUT2D eigenvalue weighted by atomic mass is 127. The first-order valence-corrected chi connectivity index (χ1v) is 6.26. The molecule has 2 rings (SSSR count). The minimum Gasteiger partial charge on any atom is -0.137 e. The molecule has 0 fully saturated rings. The van der Waals surface area contributed by atoms with E-state index in [4.69, 9.17) is 23.2 Å². The van der Waals surface area contributed by atoms with Gasteiger partial charge < -0.3 is 0 Å². The predicted octanol–water partition coefficient (Wildman–Crippen LogP) is 4.12. The van der Waals surface area contributed by atoms with Gasteiger partial charge >= 0.3 is 0 Å². The Morgan fingerprint density at radius 1 is 1.21 bits per heavy atom. The molecule has 6 heteroatoms. The molecule has 1 heterocycles. The van der Waals surface area contributed by atoms with Crippen LogP contribution in [-0.2, 0) is 0 Å². The molecular formula is C8H3Cl2IN2S. The van der Waals surface area contributed by atoms with Crippen LogP contribution in [0.3, 0.4) is 0 Å². The maximum absolute atomic E-state index is 6.02. The molecule has 0 atom stereocenters. The molecule has 0 spiro atoms. The molecule has 1 aromatic carbocycles. The molecule has 14 heavy (non-hydrogen) atoms. The lowest BCUT2D eigenvalue weighted by molar-refractivity contribution is 1.07. The van der Waals surface area contributed by atoms with E-state index in [1.165, 1.54) is 11.3 Å². The number of rotatable bonds is 1. The zero-order valence-corrected chi connectivity index (χ0v) is 11.2. The zero-order valence-electron chi connectivity index (χ0n) is 6.67. The summed E-state index contributed by atoms with van der Waals surface area (Å²) in [6.07, 6.45) is 0. The lowest BCUT2D eigenvalue weighted by Gasteiger charge is -1.99. The number of hydrogen-bond acceptors (Lipinski definition) is 3. The molecule has 0 unspecified atom stereocenters. The normalized spacial score (nSPS) is 10.5. The van der Waals surface area contributed by atoms with Gasteiger partial charge in [0.15, 0.2) is 3.01 Å². The van der Waals surface area contributed by atoms with Gasteiger partial charge in [0.1, 0.15) is 5.01 Å². The van der Waals surface area contributed by atoms with Crippen molar-refractivity contribution >= 4 is 57.1 Å². The van der Waals surface area contributed by atoms with E-state index in [1.807, 2.05) is 0 Å². The molecule has 0 radical (unpaired) electrons. The summed E-state index contributed by atoms with van der Waals surface area (Å²) in [5, 5.41) is 10.0. The van der Waals surface area contributed by atoms with Gasteiger partial charge in [-0.1, -0.05) is 34.5 Å². The summed E-state index contributed by atoms with van der Waals surface area (Å²) in [6.45, 7) is 0. The summed E-state index contributed by atoms with van der Waals surface area (Å²) in [6, 6.07) is 5.30. The zero-order chi connectivity index (χ0) is 10.1. The lowest BCUT2D eigenvalue weighted by atomic mass is 10.2. The van der Waals surface area contributed by atoms with Crippen LogP contribution >= 0.6 is 57.1 Å². The molecule has 2 nitrogen and oxygen atoms in total. The summed E-state index contributed by atoms with van der Waals surface area (Å²) in [5.41, 5.74) is 0.833. The Balaban J connectivity index is 2.55. The molecule has 1 aromatic heterocycles. The average molecular weight is 357 g/mol.